The van der Waals surface area contributed by atoms with Gasteiger partial charge in [-0.25, -0.2) is 4.39 Å². The van der Waals surface area contributed by atoms with Crippen LogP contribution in [0, 0.1) is 0 Å². The second kappa shape index (κ2) is 6.25. The fraction of sp³-hybridized carbons (Fsp3) is 0.308. The number of hydrogen-bond acceptors (Lipinski definition) is 6. The first-order valence-corrected chi connectivity index (χ1v) is 5.86. The molecule has 106 valence electrons. The summed E-state index contributed by atoms with van der Waals surface area (Å²) in [5.41, 5.74) is 0.597. The Hall–Kier alpha value is -2.28. The zero-order valence-corrected chi connectivity index (χ0v) is 11.1. The Bertz CT molecular complexity index is 573. The first-order valence-electron chi connectivity index (χ1n) is 5.86. The average molecular weight is 279 g/mol. The molecule has 0 fully saturated rings. The highest BCUT2D eigenvalue weighted by Gasteiger charge is 2.18. The van der Waals surface area contributed by atoms with E-state index in [9.17, 15) is 9.50 Å². The van der Waals surface area contributed by atoms with E-state index in [-0.39, 0.29) is 11.5 Å². The van der Waals surface area contributed by atoms with Gasteiger partial charge in [-0.3, -0.25) is 4.98 Å². The van der Waals surface area contributed by atoms with Crippen molar-refractivity contribution in [2.45, 2.75) is 6.10 Å². The molecule has 1 N–H and O–H groups in total. The van der Waals surface area contributed by atoms with E-state index >= 15 is 0 Å². The lowest BCUT2D eigenvalue weighted by molar-refractivity contribution is 0.138. The molecular formula is C13H14FN3O3. The molecule has 0 saturated heterocycles. The van der Waals surface area contributed by atoms with Crippen molar-refractivity contribution in [1.29, 1.82) is 0 Å². The van der Waals surface area contributed by atoms with E-state index < -0.39 is 12.8 Å². The molecule has 0 radical (unpaired) electrons. The summed E-state index contributed by atoms with van der Waals surface area (Å²) >= 11 is 0. The number of rotatable bonds is 5. The fourth-order valence-corrected chi connectivity index (χ4v) is 1.68. The molecule has 2 rings (SSSR count). The summed E-state index contributed by atoms with van der Waals surface area (Å²) in [5.74, 6) is 0.851. The normalized spacial score (nSPS) is 12.0. The first kappa shape index (κ1) is 14.1. The molecule has 0 spiro atoms. The molecule has 1 unspecified atom stereocenters. The summed E-state index contributed by atoms with van der Waals surface area (Å²) in [6.07, 6.45) is 0.141. The van der Waals surface area contributed by atoms with E-state index in [1.165, 1.54) is 26.5 Å². The Balaban J connectivity index is 2.56. The van der Waals surface area contributed by atoms with Gasteiger partial charge in [0.15, 0.2) is 5.82 Å². The number of alkyl halides is 1. The number of halogens is 1. The van der Waals surface area contributed by atoms with Gasteiger partial charge in [0.05, 0.1) is 26.0 Å². The quantitative estimate of drug-likeness (QED) is 0.895. The van der Waals surface area contributed by atoms with Gasteiger partial charge in [0.2, 0.25) is 11.8 Å². The van der Waals surface area contributed by atoms with Gasteiger partial charge >= 0.3 is 0 Å². The smallest absolute Gasteiger partial charge is 0.220 e. The second-order valence-corrected chi connectivity index (χ2v) is 3.88. The molecule has 0 aliphatic rings. The van der Waals surface area contributed by atoms with Crippen LogP contribution in [0.15, 0.2) is 24.4 Å². The van der Waals surface area contributed by atoms with Gasteiger partial charge in [0.1, 0.15) is 12.8 Å². The van der Waals surface area contributed by atoms with Crippen LogP contribution in [0.5, 0.6) is 11.8 Å². The molecule has 0 saturated carbocycles. The third-order valence-corrected chi connectivity index (χ3v) is 2.64. The summed E-state index contributed by atoms with van der Waals surface area (Å²) in [6.45, 7) is -0.939. The number of methoxy groups -OCH3 is 2. The number of aromatic nitrogens is 3. The maximum Gasteiger partial charge on any atom is 0.220 e. The van der Waals surface area contributed by atoms with Crippen molar-refractivity contribution >= 4 is 0 Å². The van der Waals surface area contributed by atoms with E-state index in [1.54, 1.807) is 12.1 Å². The van der Waals surface area contributed by atoms with Crippen molar-refractivity contribution in [3.05, 3.63) is 30.1 Å². The molecule has 6 nitrogen and oxygen atoms in total. The average Bonchev–Trinajstić information content (AvgIpc) is 2.53. The van der Waals surface area contributed by atoms with Gasteiger partial charge in [0.25, 0.3) is 0 Å². The van der Waals surface area contributed by atoms with E-state index in [0.29, 0.717) is 17.3 Å². The third-order valence-electron chi connectivity index (χ3n) is 2.64. The minimum absolute atomic E-state index is 0.172. The van der Waals surface area contributed by atoms with Gasteiger partial charge in [-0.2, -0.15) is 9.97 Å². The molecule has 0 aliphatic heterocycles. The minimum atomic E-state index is -1.33. The van der Waals surface area contributed by atoms with Crippen LogP contribution in [0.3, 0.4) is 0 Å². The van der Waals surface area contributed by atoms with E-state index in [2.05, 4.69) is 15.0 Å². The maximum atomic E-state index is 12.7. The van der Waals surface area contributed by atoms with Crippen molar-refractivity contribution in [2.24, 2.45) is 0 Å². The van der Waals surface area contributed by atoms with Gasteiger partial charge in [-0.05, 0) is 12.1 Å². The molecule has 0 aliphatic carbocycles. The molecular weight excluding hydrogens is 265 g/mol. The largest absolute Gasteiger partial charge is 0.481 e. The molecule has 2 aromatic rings. The van der Waals surface area contributed by atoms with Crippen LogP contribution in [0.1, 0.15) is 11.8 Å². The van der Waals surface area contributed by atoms with E-state index in [0.717, 1.165) is 0 Å². The number of pyridine rings is 1. The van der Waals surface area contributed by atoms with Gasteiger partial charge < -0.3 is 14.6 Å². The van der Waals surface area contributed by atoms with Gasteiger partial charge in [-0.15, -0.1) is 0 Å². The molecule has 2 heterocycles. The number of aliphatic hydroxyl groups is 1. The Labute approximate surface area is 115 Å². The molecule has 20 heavy (non-hydrogen) atoms. The number of aliphatic hydroxyl groups excluding tert-OH is 1. The molecule has 7 heteroatoms. The Kier molecular flexibility index (Phi) is 4.41. The van der Waals surface area contributed by atoms with Crippen LogP contribution in [0.25, 0.3) is 11.4 Å². The predicted octanol–water partition coefficient (Wildman–Crippen LogP) is 1.56. The highest BCUT2D eigenvalue weighted by Crippen LogP contribution is 2.27. The summed E-state index contributed by atoms with van der Waals surface area (Å²) in [4.78, 5) is 12.3. The van der Waals surface area contributed by atoms with Crippen LogP contribution in [0.4, 0.5) is 4.39 Å². The van der Waals surface area contributed by atoms with Crippen molar-refractivity contribution in [3.63, 3.8) is 0 Å². The molecule has 2 aromatic heterocycles. The van der Waals surface area contributed by atoms with E-state index in [4.69, 9.17) is 9.47 Å². The fourth-order valence-electron chi connectivity index (χ4n) is 1.68. The van der Waals surface area contributed by atoms with Crippen molar-refractivity contribution in [1.82, 2.24) is 15.0 Å². The summed E-state index contributed by atoms with van der Waals surface area (Å²) in [7, 11) is 2.93. The molecule has 0 bridgehead atoms. The Morgan fingerprint density at radius 2 is 1.90 bits per heavy atom. The van der Waals surface area contributed by atoms with Crippen LogP contribution in [0.2, 0.25) is 0 Å². The molecule has 0 aromatic carbocycles. The maximum absolute atomic E-state index is 12.7. The van der Waals surface area contributed by atoms with Crippen molar-refractivity contribution in [2.75, 3.05) is 20.9 Å². The Morgan fingerprint density at radius 1 is 1.25 bits per heavy atom. The molecule has 1 atom stereocenters. The summed E-state index contributed by atoms with van der Waals surface area (Å²) < 4.78 is 22.8. The summed E-state index contributed by atoms with van der Waals surface area (Å²) in [5, 5.41) is 9.67. The number of hydrogen-bond donors (Lipinski definition) is 1. The monoisotopic (exact) mass is 279 g/mol. The van der Waals surface area contributed by atoms with Crippen LogP contribution >= 0.6 is 0 Å². The standard InChI is InChI=1S/C13H14FN3O3/c1-19-10-6-11(20-2)17-13(16-10)8-4-3-5-15-12(8)9(18)7-14/h3-6,9,18H,7H2,1-2H3. The van der Waals surface area contributed by atoms with Crippen LogP contribution < -0.4 is 9.47 Å². The first-order chi connectivity index (χ1) is 9.69. The van der Waals surface area contributed by atoms with Crippen molar-refractivity contribution in [3.8, 4) is 23.1 Å². The zero-order valence-electron chi connectivity index (χ0n) is 11.1. The SMILES string of the molecule is COc1cc(OC)nc(-c2cccnc2C(O)CF)n1. The zero-order chi connectivity index (χ0) is 14.5. The van der Waals surface area contributed by atoms with Crippen molar-refractivity contribution < 1.29 is 19.0 Å². The summed E-state index contributed by atoms with van der Waals surface area (Å²) in [6, 6.07) is 4.82. The van der Waals surface area contributed by atoms with Gasteiger partial charge in [0, 0.05) is 11.8 Å². The van der Waals surface area contributed by atoms with E-state index in [1.807, 2.05) is 0 Å². The lowest BCUT2D eigenvalue weighted by Gasteiger charge is -2.12. The topological polar surface area (TPSA) is 77.4 Å². The second-order valence-electron chi connectivity index (χ2n) is 3.88. The minimum Gasteiger partial charge on any atom is -0.481 e. The lowest BCUT2D eigenvalue weighted by Crippen LogP contribution is -2.06. The van der Waals surface area contributed by atoms with Gasteiger partial charge in [-0.1, -0.05) is 0 Å². The van der Waals surface area contributed by atoms with Crippen LogP contribution in [-0.2, 0) is 0 Å². The van der Waals surface area contributed by atoms with Crippen LogP contribution in [-0.4, -0.2) is 41.0 Å². The number of ether oxygens (including phenoxy) is 2. The highest BCUT2D eigenvalue weighted by molar-refractivity contribution is 5.59. The Morgan fingerprint density at radius 3 is 2.45 bits per heavy atom. The predicted molar refractivity (Wildman–Crippen MR) is 69.3 cm³/mol. The lowest BCUT2D eigenvalue weighted by atomic mass is 10.1. The third kappa shape index (κ3) is 2.83. The molecule has 0 amide bonds. The highest BCUT2D eigenvalue weighted by atomic mass is 19.1. The number of nitrogens with zero attached hydrogens (tertiary/aromatic N) is 3.